The molecule has 23 heavy (non-hydrogen) atoms. The molecular weight excluding hydrogens is 306 g/mol. The molecule has 5 heteroatoms. The van der Waals surface area contributed by atoms with Gasteiger partial charge < -0.3 is 9.30 Å². The number of benzene rings is 1. The van der Waals surface area contributed by atoms with Crippen LogP contribution >= 0.6 is 11.8 Å². The van der Waals surface area contributed by atoms with Crippen molar-refractivity contribution in [2.24, 2.45) is 0 Å². The molecule has 0 aliphatic carbocycles. The van der Waals surface area contributed by atoms with Gasteiger partial charge in [0.25, 0.3) is 0 Å². The van der Waals surface area contributed by atoms with Crippen molar-refractivity contribution in [3.05, 3.63) is 41.2 Å². The summed E-state index contributed by atoms with van der Waals surface area (Å²) >= 11 is 1.76. The third kappa shape index (κ3) is 4.15. The molecule has 1 atom stereocenters. The second kappa shape index (κ2) is 7.49. The van der Waals surface area contributed by atoms with E-state index in [0.717, 1.165) is 42.7 Å². The second-order valence-corrected chi connectivity index (χ2v) is 7.46. The van der Waals surface area contributed by atoms with Crippen molar-refractivity contribution in [2.45, 2.75) is 63.1 Å². The molecule has 2 heterocycles. The fourth-order valence-corrected chi connectivity index (χ4v) is 3.85. The van der Waals surface area contributed by atoms with E-state index >= 15 is 0 Å². The molecule has 1 aliphatic heterocycles. The van der Waals surface area contributed by atoms with Crippen LogP contribution in [0, 0.1) is 6.92 Å². The van der Waals surface area contributed by atoms with Gasteiger partial charge in [-0.15, -0.1) is 10.2 Å². The second-order valence-electron chi connectivity index (χ2n) is 6.52. The van der Waals surface area contributed by atoms with Crippen LogP contribution in [0.5, 0.6) is 0 Å². The lowest BCUT2D eigenvalue weighted by Crippen LogP contribution is -2.18. The number of nitrogens with zero attached hydrogens (tertiary/aromatic N) is 3. The fraction of sp³-hybridized carbons (Fsp3) is 0.556. The van der Waals surface area contributed by atoms with Crippen molar-refractivity contribution in [3.8, 4) is 0 Å². The molecule has 124 valence electrons. The molecule has 1 aromatic carbocycles. The molecule has 1 fully saturated rings. The first-order valence-corrected chi connectivity index (χ1v) is 9.35. The number of aryl methyl sites for hydroxylation is 1. The Morgan fingerprint density at radius 3 is 2.91 bits per heavy atom. The van der Waals surface area contributed by atoms with Crippen LogP contribution < -0.4 is 0 Å². The summed E-state index contributed by atoms with van der Waals surface area (Å²) in [5.41, 5.74) is 2.62. The molecule has 0 spiro atoms. The van der Waals surface area contributed by atoms with E-state index in [-0.39, 0.29) is 0 Å². The van der Waals surface area contributed by atoms with Gasteiger partial charge in [0.2, 0.25) is 0 Å². The highest BCUT2D eigenvalue weighted by molar-refractivity contribution is 7.98. The standard InChI is InChI=1S/C18H25N3OS/c1-13(2)17-19-20-18(21(17)11-16-8-5-9-22-16)23-12-15-7-4-6-14(3)10-15/h4,6-7,10,13,16H,5,8-9,11-12H2,1-3H3. The van der Waals surface area contributed by atoms with Crippen molar-refractivity contribution >= 4 is 11.8 Å². The first kappa shape index (κ1) is 16.5. The number of hydrogen-bond donors (Lipinski definition) is 0. The van der Waals surface area contributed by atoms with Crippen LogP contribution in [0.1, 0.15) is 49.6 Å². The summed E-state index contributed by atoms with van der Waals surface area (Å²) in [6.45, 7) is 8.23. The third-order valence-corrected chi connectivity index (χ3v) is 5.16. The SMILES string of the molecule is Cc1cccc(CSc2nnc(C(C)C)n2CC2CCCO2)c1. The fourth-order valence-electron chi connectivity index (χ4n) is 2.95. The molecular formula is C18H25N3OS. The van der Waals surface area contributed by atoms with Gasteiger partial charge in [0.15, 0.2) is 5.16 Å². The summed E-state index contributed by atoms with van der Waals surface area (Å²) in [5, 5.41) is 9.87. The van der Waals surface area contributed by atoms with Crippen molar-refractivity contribution in [1.29, 1.82) is 0 Å². The number of hydrogen-bond acceptors (Lipinski definition) is 4. The van der Waals surface area contributed by atoms with Gasteiger partial charge in [-0.25, -0.2) is 0 Å². The van der Waals surface area contributed by atoms with Crippen LogP contribution in [0.25, 0.3) is 0 Å². The van der Waals surface area contributed by atoms with Crippen LogP contribution in [-0.4, -0.2) is 27.5 Å². The van der Waals surface area contributed by atoms with E-state index in [1.165, 1.54) is 11.1 Å². The number of rotatable bonds is 6. The quantitative estimate of drug-likeness (QED) is 0.745. The summed E-state index contributed by atoms with van der Waals surface area (Å²) < 4.78 is 8.07. The monoisotopic (exact) mass is 331 g/mol. The van der Waals surface area contributed by atoms with E-state index in [2.05, 4.69) is 59.8 Å². The predicted molar refractivity (Wildman–Crippen MR) is 93.8 cm³/mol. The summed E-state index contributed by atoms with van der Waals surface area (Å²) in [6, 6.07) is 8.65. The molecule has 0 N–H and O–H groups in total. The maximum absolute atomic E-state index is 5.81. The summed E-state index contributed by atoms with van der Waals surface area (Å²) in [6.07, 6.45) is 2.61. The minimum absolute atomic E-state index is 0.307. The number of ether oxygens (including phenoxy) is 1. The highest BCUT2D eigenvalue weighted by atomic mass is 32.2. The van der Waals surface area contributed by atoms with Crippen molar-refractivity contribution in [2.75, 3.05) is 6.61 Å². The maximum atomic E-state index is 5.81. The van der Waals surface area contributed by atoms with E-state index in [4.69, 9.17) is 4.74 Å². The van der Waals surface area contributed by atoms with Gasteiger partial charge in [-0.05, 0) is 25.3 Å². The summed E-state index contributed by atoms with van der Waals surface area (Å²) in [7, 11) is 0. The Kier molecular flexibility index (Phi) is 5.38. The number of thioether (sulfide) groups is 1. The van der Waals surface area contributed by atoms with Gasteiger partial charge in [-0.2, -0.15) is 0 Å². The Hall–Kier alpha value is -1.33. The van der Waals surface area contributed by atoms with Gasteiger partial charge in [-0.3, -0.25) is 0 Å². The Morgan fingerprint density at radius 1 is 1.35 bits per heavy atom. The van der Waals surface area contributed by atoms with Gasteiger partial charge >= 0.3 is 0 Å². The highest BCUT2D eigenvalue weighted by Crippen LogP contribution is 2.26. The minimum Gasteiger partial charge on any atom is -0.376 e. The van der Waals surface area contributed by atoms with Gasteiger partial charge in [0.1, 0.15) is 5.82 Å². The molecule has 3 rings (SSSR count). The largest absolute Gasteiger partial charge is 0.376 e. The predicted octanol–water partition coefficient (Wildman–Crippen LogP) is 4.18. The number of aromatic nitrogens is 3. The van der Waals surface area contributed by atoms with E-state index < -0.39 is 0 Å². The molecule has 0 radical (unpaired) electrons. The average molecular weight is 331 g/mol. The zero-order chi connectivity index (χ0) is 16.2. The third-order valence-electron chi connectivity index (χ3n) is 4.12. The van der Waals surface area contributed by atoms with Crippen LogP contribution in [0.15, 0.2) is 29.4 Å². The van der Waals surface area contributed by atoms with Crippen LogP contribution in [0.2, 0.25) is 0 Å². The van der Waals surface area contributed by atoms with Crippen LogP contribution in [0.4, 0.5) is 0 Å². The molecule has 4 nitrogen and oxygen atoms in total. The molecule has 0 saturated carbocycles. The Bertz CT molecular complexity index is 647. The Morgan fingerprint density at radius 2 is 2.22 bits per heavy atom. The molecule has 0 bridgehead atoms. The van der Waals surface area contributed by atoms with Crippen molar-refractivity contribution in [3.63, 3.8) is 0 Å². The molecule has 2 aromatic rings. The molecule has 1 unspecified atom stereocenters. The van der Waals surface area contributed by atoms with Gasteiger partial charge in [0.05, 0.1) is 12.6 Å². The average Bonchev–Trinajstić information content (AvgIpc) is 3.16. The normalized spacial score (nSPS) is 18.0. The smallest absolute Gasteiger partial charge is 0.191 e. The lowest BCUT2D eigenvalue weighted by atomic mass is 10.2. The maximum Gasteiger partial charge on any atom is 0.191 e. The minimum atomic E-state index is 0.307. The molecule has 1 aliphatic rings. The summed E-state index contributed by atoms with van der Waals surface area (Å²) in [5.74, 6) is 2.35. The molecule has 1 aromatic heterocycles. The van der Waals surface area contributed by atoms with Gasteiger partial charge in [0, 0.05) is 18.3 Å². The van der Waals surface area contributed by atoms with Crippen molar-refractivity contribution < 1.29 is 4.74 Å². The summed E-state index contributed by atoms with van der Waals surface area (Å²) in [4.78, 5) is 0. The van der Waals surface area contributed by atoms with E-state index in [1.807, 2.05) is 0 Å². The lowest BCUT2D eigenvalue weighted by Gasteiger charge is -2.16. The topological polar surface area (TPSA) is 39.9 Å². The first-order chi connectivity index (χ1) is 11.1. The zero-order valence-corrected chi connectivity index (χ0v) is 15.0. The molecule has 1 saturated heterocycles. The van der Waals surface area contributed by atoms with Crippen LogP contribution in [-0.2, 0) is 17.0 Å². The Balaban J connectivity index is 1.75. The highest BCUT2D eigenvalue weighted by Gasteiger charge is 2.22. The van der Waals surface area contributed by atoms with Gasteiger partial charge in [-0.1, -0.05) is 55.4 Å². The first-order valence-electron chi connectivity index (χ1n) is 8.36. The lowest BCUT2D eigenvalue weighted by molar-refractivity contribution is 0.0940. The van der Waals surface area contributed by atoms with E-state index in [1.54, 1.807) is 11.8 Å². The van der Waals surface area contributed by atoms with Crippen molar-refractivity contribution in [1.82, 2.24) is 14.8 Å². The Labute approximate surface area is 142 Å². The molecule has 0 amide bonds. The van der Waals surface area contributed by atoms with Crippen LogP contribution in [0.3, 0.4) is 0 Å². The van der Waals surface area contributed by atoms with E-state index in [0.29, 0.717) is 12.0 Å². The van der Waals surface area contributed by atoms with E-state index in [9.17, 15) is 0 Å². The zero-order valence-electron chi connectivity index (χ0n) is 14.2.